The Morgan fingerprint density at radius 3 is 2.16 bits per heavy atom. The summed E-state index contributed by atoms with van der Waals surface area (Å²) in [6.45, 7) is 5.83. The van der Waals surface area contributed by atoms with E-state index in [-0.39, 0.29) is 36.7 Å². The number of fused-ring (bicyclic) bond motifs is 3. The van der Waals surface area contributed by atoms with E-state index in [1.165, 1.54) is 6.21 Å². The fourth-order valence-corrected chi connectivity index (χ4v) is 5.79. The average Bonchev–Trinajstić information content (AvgIpc) is 3.31. The highest BCUT2D eigenvalue weighted by atomic mass is 16.6. The number of carbonyl (C=O) groups is 4. The van der Waals surface area contributed by atoms with E-state index in [0.29, 0.717) is 6.54 Å². The van der Waals surface area contributed by atoms with Crippen molar-refractivity contribution in [2.75, 3.05) is 20.2 Å². The normalized spacial score (nSPS) is 18.5. The number of alkyl carbamates (subject to hydrolysis) is 1. The minimum absolute atomic E-state index is 0.0283. The smallest absolute Gasteiger partial charge is 0.407 e. The summed E-state index contributed by atoms with van der Waals surface area (Å²) in [7, 11) is 1.65. The van der Waals surface area contributed by atoms with Crippen molar-refractivity contribution < 1.29 is 28.7 Å². The third-order valence-corrected chi connectivity index (χ3v) is 7.89. The van der Waals surface area contributed by atoms with Crippen LogP contribution >= 0.6 is 0 Å². The number of urea groups is 1. The standard InChI is InChI=1S/C33H43N5O6/c1-33(2,3)44-29(39)17-23(19-36-38-31(41)35-18-21-13-15-22(16-14-21)30(40)34-4)37-32(42)43-20-28-26-11-7-5-9-24(26)25-10-6-8-12-27(25)28/h5-12,19,21-23,28H,13-18,20H2,1-4H3,(H,34,40)(H,37,42)(H2,35,38,41)/b36-19+. The number of amides is 4. The molecule has 11 nitrogen and oxygen atoms in total. The van der Waals surface area contributed by atoms with Crippen LogP contribution in [0.2, 0.25) is 0 Å². The zero-order valence-electron chi connectivity index (χ0n) is 25.9. The van der Waals surface area contributed by atoms with Gasteiger partial charge < -0.3 is 25.4 Å². The van der Waals surface area contributed by atoms with Crippen molar-refractivity contribution in [3.8, 4) is 11.1 Å². The first-order chi connectivity index (χ1) is 21.0. The molecule has 4 amide bonds. The van der Waals surface area contributed by atoms with Gasteiger partial charge in [-0.3, -0.25) is 9.59 Å². The van der Waals surface area contributed by atoms with Crippen molar-refractivity contribution in [2.45, 2.75) is 70.4 Å². The fourth-order valence-electron chi connectivity index (χ4n) is 5.79. The van der Waals surface area contributed by atoms with Crippen molar-refractivity contribution in [1.29, 1.82) is 0 Å². The second kappa shape index (κ2) is 14.9. The number of hydrogen-bond donors (Lipinski definition) is 4. The minimum atomic E-state index is -0.888. The third kappa shape index (κ3) is 9.05. The molecule has 44 heavy (non-hydrogen) atoms. The number of ether oxygens (including phenoxy) is 2. The van der Waals surface area contributed by atoms with E-state index in [1.54, 1.807) is 27.8 Å². The lowest BCUT2D eigenvalue weighted by molar-refractivity contribution is -0.154. The lowest BCUT2D eigenvalue weighted by Crippen LogP contribution is -2.41. The molecule has 11 heteroatoms. The van der Waals surface area contributed by atoms with E-state index < -0.39 is 29.7 Å². The zero-order chi connectivity index (χ0) is 31.7. The topological polar surface area (TPSA) is 147 Å². The van der Waals surface area contributed by atoms with Gasteiger partial charge in [-0.2, -0.15) is 5.10 Å². The van der Waals surface area contributed by atoms with Crippen LogP contribution in [0.4, 0.5) is 9.59 Å². The highest BCUT2D eigenvalue weighted by Crippen LogP contribution is 2.44. The maximum absolute atomic E-state index is 12.9. The molecule has 1 unspecified atom stereocenters. The summed E-state index contributed by atoms with van der Waals surface area (Å²) < 4.78 is 11.0. The first-order valence-corrected chi connectivity index (χ1v) is 15.2. The van der Waals surface area contributed by atoms with Crippen LogP contribution in [-0.2, 0) is 19.1 Å². The summed E-state index contributed by atoms with van der Waals surface area (Å²) in [5, 5.41) is 12.1. The Morgan fingerprint density at radius 1 is 0.955 bits per heavy atom. The summed E-state index contributed by atoms with van der Waals surface area (Å²) in [5.41, 5.74) is 6.09. The predicted octanol–water partition coefficient (Wildman–Crippen LogP) is 4.46. The first-order valence-electron chi connectivity index (χ1n) is 15.2. The number of hydrogen-bond acceptors (Lipinski definition) is 7. The summed E-state index contributed by atoms with van der Waals surface area (Å²) in [6.07, 6.45) is 3.64. The SMILES string of the molecule is CNC(=O)C1CCC(CNC(=O)N/N=C/C(CC(=O)OC(C)(C)C)NC(=O)OCC2c3ccccc3-c3ccccc32)CC1. The Bertz CT molecular complexity index is 1320. The molecule has 0 aliphatic heterocycles. The van der Waals surface area contributed by atoms with Gasteiger partial charge in [-0.05, 0) is 74.6 Å². The van der Waals surface area contributed by atoms with Gasteiger partial charge in [-0.25, -0.2) is 15.0 Å². The maximum Gasteiger partial charge on any atom is 0.407 e. The van der Waals surface area contributed by atoms with Gasteiger partial charge in [0.15, 0.2) is 0 Å². The quantitative estimate of drug-likeness (QED) is 0.179. The molecule has 1 saturated carbocycles. The Labute approximate surface area is 258 Å². The van der Waals surface area contributed by atoms with Gasteiger partial charge in [0.2, 0.25) is 5.91 Å². The molecule has 2 aromatic carbocycles. The molecule has 2 aromatic rings. The van der Waals surface area contributed by atoms with Gasteiger partial charge in [0.1, 0.15) is 12.2 Å². The highest BCUT2D eigenvalue weighted by Gasteiger charge is 2.30. The van der Waals surface area contributed by atoms with Crippen LogP contribution in [0, 0.1) is 11.8 Å². The number of nitrogens with one attached hydrogen (secondary N) is 4. The Kier molecular flexibility index (Phi) is 11.0. The van der Waals surface area contributed by atoms with Gasteiger partial charge in [-0.15, -0.1) is 0 Å². The predicted molar refractivity (Wildman–Crippen MR) is 167 cm³/mol. The van der Waals surface area contributed by atoms with Crippen molar-refractivity contribution in [2.24, 2.45) is 16.9 Å². The molecule has 236 valence electrons. The van der Waals surface area contributed by atoms with Gasteiger partial charge >= 0.3 is 18.1 Å². The van der Waals surface area contributed by atoms with Crippen LogP contribution < -0.4 is 21.4 Å². The molecule has 0 saturated heterocycles. The molecule has 2 aliphatic carbocycles. The van der Waals surface area contributed by atoms with E-state index in [4.69, 9.17) is 9.47 Å². The number of benzene rings is 2. The van der Waals surface area contributed by atoms with E-state index in [2.05, 4.69) is 38.6 Å². The van der Waals surface area contributed by atoms with E-state index in [0.717, 1.165) is 47.9 Å². The van der Waals surface area contributed by atoms with E-state index >= 15 is 0 Å². The van der Waals surface area contributed by atoms with Gasteiger partial charge in [0.05, 0.1) is 12.5 Å². The van der Waals surface area contributed by atoms with E-state index in [1.807, 2.05) is 36.4 Å². The largest absolute Gasteiger partial charge is 0.460 e. The maximum atomic E-state index is 12.9. The lowest BCUT2D eigenvalue weighted by atomic mass is 9.81. The monoisotopic (exact) mass is 605 g/mol. The van der Waals surface area contributed by atoms with Crippen LogP contribution in [0.3, 0.4) is 0 Å². The highest BCUT2D eigenvalue weighted by molar-refractivity contribution is 5.83. The Hall–Kier alpha value is -4.41. The van der Waals surface area contributed by atoms with Crippen LogP contribution in [-0.4, -0.2) is 62.1 Å². The Morgan fingerprint density at radius 2 is 1.57 bits per heavy atom. The van der Waals surface area contributed by atoms with Crippen LogP contribution in [0.25, 0.3) is 11.1 Å². The van der Waals surface area contributed by atoms with Crippen LogP contribution in [0.5, 0.6) is 0 Å². The molecular weight excluding hydrogens is 562 g/mol. The summed E-state index contributed by atoms with van der Waals surface area (Å²) in [6, 6.07) is 14.7. The molecular formula is C33H43N5O6. The number of rotatable bonds is 10. The van der Waals surface area contributed by atoms with Gasteiger partial charge in [-0.1, -0.05) is 48.5 Å². The second-order valence-electron chi connectivity index (χ2n) is 12.3. The van der Waals surface area contributed by atoms with Crippen molar-refractivity contribution in [1.82, 2.24) is 21.4 Å². The zero-order valence-corrected chi connectivity index (χ0v) is 25.9. The molecule has 0 aromatic heterocycles. The molecule has 1 fully saturated rings. The fraction of sp³-hybridized carbons (Fsp3) is 0.485. The molecule has 1 atom stereocenters. The lowest BCUT2D eigenvalue weighted by Gasteiger charge is -2.27. The third-order valence-electron chi connectivity index (χ3n) is 7.89. The minimum Gasteiger partial charge on any atom is -0.460 e. The van der Waals surface area contributed by atoms with Crippen molar-refractivity contribution in [3.63, 3.8) is 0 Å². The second-order valence-corrected chi connectivity index (χ2v) is 12.3. The Balaban J connectivity index is 1.30. The van der Waals surface area contributed by atoms with Gasteiger partial charge in [0.25, 0.3) is 0 Å². The average molecular weight is 606 g/mol. The first kappa shape index (κ1) is 32.5. The summed E-state index contributed by atoms with van der Waals surface area (Å²) in [5.74, 6) is -0.280. The molecule has 0 bridgehead atoms. The molecule has 2 aliphatic rings. The van der Waals surface area contributed by atoms with Crippen molar-refractivity contribution in [3.05, 3.63) is 59.7 Å². The molecule has 4 N–H and O–H groups in total. The van der Waals surface area contributed by atoms with Crippen molar-refractivity contribution >= 4 is 30.2 Å². The molecule has 0 radical (unpaired) electrons. The number of carbonyl (C=O) groups excluding carboxylic acids is 4. The van der Waals surface area contributed by atoms with Crippen LogP contribution in [0.1, 0.15) is 69.9 Å². The number of esters is 1. The molecule has 4 rings (SSSR count). The van der Waals surface area contributed by atoms with E-state index in [9.17, 15) is 19.2 Å². The van der Waals surface area contributed by atoms with Gasteiger partial charge in [0, 0.05) is 31.6 Å². The summed E-state index contributed by atoms with van der Waals surface area (Å²) >= 11 is 0. The number of nitrogens with zero attached hydrogens (tertiary/aromatic N) is 1. The molecule has 0 heterocycles. The summed E-state index contributed by atoms with van der Waals surface area (Å²) in [4.78, 5) is 49.6. The molecule has 0 spiro atoms. The number of hydrazone groups is 1. The van der Waals surface area contributed by atoms with Crippen LogP contribution in [0.15, 0.2) is 53.6 Å².